The SMILES string of the molecule is CCNc1cc([N+](=O)[O-])cc(N2CC(=O)NC(=O)C2C)n1. The number of anilines is 2. The van der Waals surface area contributed by atoms with Crippen LogP contribution in [0.1, 0.15) is 13.8 Å². The minimum atomic E-state index is -0.633. The Labute approximate surface area is 120 Å². The van der Waals surface area contributed by atoms with Gasteiger partial charge in [-0.05, 0) is 13.8 Å². The van der Waals surface area contributed by atoms with Gasteiger partial charge in [0.2, 0.25) is 11.8 Å². The van der Waals surface area contributed by atoms with E-state index < -0.39 is 22.8 Å². The van der Waals surface area contributed by atoms with Crippen molar-refractivity contribution in [2.45, 2.75) is 19.9 Å². The molecule has 2 amide bonds. The fourth-order valence-electron chi connectivity index (χ4n) is 2.02. The number of rotatable bonds is 4. The molecule has 1 aliphatic heterocycles. The third-order valence-electron chi connectivity index (χ3n) is 3.08. The van der Waals surface area contributed by atoms with Gasteiger partial charge in [0, 0.05) is 6.54 Å². The molecule has 2 rings (SSSR count). The van der Waals surface area contributed by atoms with Crippen LogP contribution in [0, 0.1) is 10.1 Å². The molecule has 9 heteroatoms. The molecule has 1 saturated heterocycles. The molecule has 0 aliphatic carbocycles. The fraction of sp³-hybridized carbons (Fsp3) is 0.417. The molecule has 2 N–H and O–H groups in total. The Kier molecular flexibility index (Phi) is 4.01. The molecule has 1 aromatic rings. The lowest BCUT2D eigenvalue weighted by Gasteiger charge is -2.32. The first-order valence-electron chi connectivity index (χ1n) is 6.43. The maximum absolute atomic E-state index is 11.7. The summed E-state index contributed by atoms with van der Waals surface area (Å²) < 4.78 is 0. The van der Waals surface area contributed by atoms with Crippen molar-refractivity contribution < 1.29 is 14.5 Å². The van der Waals surface area contributed by atoms with E-state index in [1.165, 1.54) is 17.0 Å². The van der Waals surface area contributed by atoms with Gasteiger partial charge < -0.3 is 10.2 Å². The smallest absolute Gasteiger partial charge is 0.276 e. The number of nitrogens with one attached hydrogen (secondary N) is 2. The van der Waals surface area contributed by atoms with Crippen LogP contribution < -0.4 is 15.5 Å². The van der Waals surface area contributed by atoms with E-state index in [-0.39, 0.29) is 18.1 Å². The van der Waals surface area contributed by atoms with E-state index in [0.717, 1.165) is 0 Å². The van der Waals surface area contributed by atoms with E-state index >= 15 is 0 Å². The highest BCUT2D eigenvalue weighted by molar-refractivity contribution is 6.04. The van der Waals surface area contributed by atoms with Crippen molar-refractivity contribution in [3.63, 3.8) is 0 Å². The molecular formula is C12H15N5O4. The standard InChI is InChI=1S/C12H15N5O4/c1-3-13-9-4-8(17(20)21)5-10(14-9)16-6-11(18)15-12(19)7(16)2/h4-5,7H,3,6H2,1-2H3,(H,13,14)(H,15,18,19). The Balaban J connectivity index is 2.43. The van der Waals surface area contributed by atoms with Crippen molar-refractivity contribution in [2.24, 2.45) is 0 Å². The van der Waals surface area contributed by atoms with Gasteiger partial charge in [-0.1, -0.05) is 0 Å². The zero-order valence-electron chi connectivity index (χ0n) is 11.6. The average molecular weight is 293 g/mol. The fourth-order valence-corrected chi connectivity index (χ4v) is 2.02. The molecule has 0 aromatic carbocycles. The first-order chi connectivity index (χ1) is 9.92. The number of hydrogen-bond acceptors (Lipinski definition) is 7. The summed E-state index contributed by atoms with van der Waals surface area (Å²) in [5, 5.41) is 16.1. The number of pyridine rings is 1. The third kappa shape index (κ3) is 3.07. The highest BCUT2D eigenvalue weighted by atomic mass is 16.6. The number of carbonyl (C=O) groups is 2. The summed E-state index contributed by atoms with van der Waals surface area (Å²) in [6.07, 6.45) is 0. The number of nitrogens with zero attached hydrogens (tertiary/aromatic N) is 3. The number of imide groups is 1. The van der Waals surface area contributed by atoms with Crippen molar-refractivity contribution in [2.75, 3.05) is 23.3 Å². The summed E-state index contributed by atoms with van der Waals surface area (Å²) in [6.45, 7) is 3.91. The quantitative estimate of drug-likeness (QED) is 0.465. The zero-order valence-corrected chi connectivity index (χ0v) is 11.6. The van der Waals surface area contributed by atoms with E-state index in [2.05, 4.69) is 15.6 Å². The van der Waals surface area contributed by atoms with Gasteiger partial charge in [-0.3, -0.25) is 25.0 Å². The number of piperazine rings is 1. The summed E-state index contributed by atoms with van der Waals surface area (Å²) in [5.41, 5.74) is -0.151. The van der Waals surface area contributed by atoms with Gasteiger partial charge >= 0.3 is 0 Å². The Morgan fingerprint density at radius 2 is 2.24 bits per heavy atom. The minimum absolute atomic E-state index is 0.0767. The van der Waals surface area contributed by atoms with Crippen LogP contribution >= 0.6 is 0 Å². The van der Waals surface area contributed by atoms with Crippen LogP contribution in [0.3, 0.4) is 0 Å². The molecule has 0 radical (unpaired) electrons. The van der Waals surface area contributed by atoms with Crippen LogP contribution in [0.2, 0.25) is 0 Å². The number of hydrogen-bond donors (Lipinski definition) is 2. The van der Waals surface area contributed by atoms with Crippen molar-refractivity contribution in [1.29, 1.82) is 0 Å². The van der Waals surface area contributed by atoms with Crippen LogP contribution in [-0.4, -0.2) is 40.9 Å². The summed E-state index contributed by atoms with van der Waals surface area (Å²) >= 11 is 0. The van der Waals surface area contributed by atoms with Crippen LogP contribution in [0.25, 0.3) is 0 Å². The highest BCUT2D eigenvalue weighted by Crippen LogP contribution is 2.25. The molecule has 21 heavy (non-hydrogen) atoms. The predicted molar refractivity (Wildman–Crippen MR) is 75.0 cm³/mol. The molecule has 1 fully saturated rings. The molecule has 1 aliphatic rings. The van der Waals surface area contributed by atoms with Crippen LogP contribution in [-0.2, 0) is 9.59 Å². The molecule has 0 spiro atoms. The number of aromatic nitrogens is 1. The third-order valence-corrected chi connectivity index (χ3v) is 3.08. The molecular weight excluding hydrogens is 278 g/mol. The van der Waals surface area contributed by atoms with Crippen molar-refractivity contribution in [3.8, 4) is 0 Å². The molecule has 112 valence electrons. The minimum Gasteiger partial charge on any atom is -0.370 e. The second-order valence-corrected chi connectivity index (χ2v) is 4.57. The topological polar surface area (TPSA) is 117 Å². The summed E-state index contributed by atoms with van der Waals surface area (Å²) in [4.78, 5) is 39.3. The second kappa shape index (κ2) is 5.73. The van der Waals surface area contributed by atoms with E-state index in [1.807, 2.05) is 6.92 Å². The monoisotopic (exact) mass is 293 g/mol. The normalized spacial score (nSPS) is 18.4. The van der Waals surface area contributed by atoms with Gasteiger partial charge in [0.05, 0.1) is 23.6 Å². The molecule has 1 atom stereocenters. The van der Waals surface area contributed by atoms with E-state index in [1.54, 1.807) is 6.92 Å². The maximum atomic E-state index is 11.7. The van der Waals surface area contributed by atoms with Crippen molar-refractivity contribution >= 4 is 29.1 Å². The Morgan fingerprint density at radius 3 is 2.86 bits per heavy atom. The summed E-state index contributed by atoms with van der Waals surface area (Å²) in [7, 11) is 0. The van der Waals surface area contributed by atoms with Gasteiger partial charge in [-0.25, -0.2) is 4.98 Å². The molecule has 2 heterocycles. The molecule has 0 bridgehead atoms. The largest absolute Gasteiger partial charge is 0.370 e. The van der Waals surface area contributed by atoms with Crippen LogP contribution in [0.5, 0.6) is 0 Å². The van der Waals surface area contributed by atoms with Crippen LogP contribution in [0.4, 0.5) is 17.3 Å². The summed E-state index contributed by atoms with van der Waals surface area (Å²) in [6, 6.07) is 1.93. The van der Waals surface area contributed by atoms with Crippen LogP contribution in [0.15, 0.2) is 12.1 Å². The zero-order chi connectivity index (χ0) is 15.6. The Hall–Kier alpha value is -2.71. The first kappa shape index (κ1) is 14.7. The van der Waals surface area contributed by atoms with Gasteiger partial charge in [0.25, 0.3) is 5.69 Å². The highest BCUT2D eigenvalue weighted by Gasteiger charge is 2.32. The van der Waals surface area contributed by atoms with Gasteiger partial charge in [-0.2, -0.15) is 0 Å². The second-order valence-electron chi connectivity index (χ2n) is 4.57. The Morgan fingerprint density at radius 1 is 1.52 bits per heavy atom. The molecule has 0 saturated carbocycles. The van der Waals surface area contributed by atoms with Crippen molar-refractivity contribution in [1.82, 2.24) is 10.3 Å². The van der Waals surface area contributed by atoms with Crippen molar-refractivity contribution in [3.05, 3.63) is 22.2 Å². The lowest BCUT2D eigenvalue weighted by molar-refractivity contribution is -0.384. The lowest BCUT2D eigenvalue weighted by Crippen LogP contribution is -2.57. The Bertz CT molecular complexity index is 603. The molecule has 1 unspecified atom stereocenters. The summed E-state index contributed by atoms with van der Waals surface area (Å²) in [5.74, 6) is -0.371. The molecule has 9 nitrogen and oxygen atoms in total. The van der Waals surface area contributed by atoms with E-state index in [9.17, 15) is 19.7 Å². The predicted octanol–water partition coefficient (Wildman–Crippen LogP) is 0.273. The molecule has 1 aromatic heterocycles. The first-order valence-corrected chi connectivity index (χ1v) is 6.43. The number of amides is 2. The van der Waals surface area contributed by atoms with Gasteiger partial charge in [0.1, 0.15) is 17.7 Å². The number of carbonyl (C=O) groups excluding carboxylic acids is 2. The van der Waals surface area contributed by atoms with Gasteiger partial charge in [0.15, 0.2) is 0 Å². The van der Waals surface area contributed by atoms with Gasteiger partial charge in [-0.15, -0.1) is 0 Å². The van der Waals surface area contributed by atoms with E-state index in [0.29, 0.717) is 12.4 Å². The number of nitro groups is 1. The van der Waals surface area contributed by atoms with E-state index in [4.69, 9.17) is 0 Å². The maximum Gasteiger partial charge on any atom is 0.276 e. The average Bonchev–Trinajstić information content (AvgIpc) is 2.42. The lowest BCUT2D eigenvalue weighted by atomic mass is 10.2.